The van der Waals surface area contributed by atoms with Gasteiger partial charge in [0, 0.05) is 9.52 Å². The fourth-order valence-corrected chi connectivity index (χ4v) is 11.2. The molecule has 0 aromatic carbocycles. The minimum Gasteiger partial charge on any atom is -0.456 e. The molecule has 13 heavy (non-hydrogen) atoms. The summed E-state index contributed by atoms with van der Waals surface area (Å²) < 4.78 is 6.00. The van der Waals surface area contributed by atoms with Crippen LogP contribution in [0, 0.1) is 22.7 Å². The van der Waals surface area contributed by atoms with Gasteiger partial charge in [-0.3, -0.25) is 0 Å². The third kappa shape index (κ3) is 0.554. The minimum atomic E-state index is -0.350. The Morgan fingerprint density at radius 3 is 2.77 bits per heavy atom. The number of hydrogen-bond acceptors (Lipinski definition) is 1. The maximum Gasteiger partial charge on any atom is 0.211 e. The first-order valence-corrected chi connectivity index (χ1v) is 10.0. The van der Waals surface area contributed by atoms with Crippen molar-refractivity contribution >= 4 is 28.3 Å². The van der Waals surface area contributed by atoms with Crippen LogP contribution in [-0.2, 0) is 4.12 Å². The van der Waals surface area contributed by atoms with E-state index in [2.05, 4.69) is 13.1 Å². The molecule has 2 spiro atoms. The van der Waals surface area contributed by atoms with E-state index in [0.29, 0.717) is 0 Å². The monoisotopic (exact) mass is 221 g/mol. The average Bonchev–Trinajstić information content (AvgIpc) is 2.96. The van der Waals surface area contributed by atoms with Gasteiger partial charge in [-0.25, -0.2) is 0 Å². The van der Waals surface area contributed by atoms with Crippen molar-refractivity contribution in [3.8, 4) is 0 Å². The summed E-state index contributed by atoms with van der Waals surface area (Å²) in [6, 6.07) is 0. The van der Waals surface area contributed by atoms with Crippen molar-refractivity contribution in [3.63, 3.8) is 0 Å². The van der Waals surface area contributed by atoms with E-state index in [1.807, 2.05) is 0 Å². The average molecular weight is 221 g/mol. The van der Waals surface area contributed by atoms with Crippen molar-refractivity contribution in [1.29, 1.82) is 0 Å². The Bertz CT molecular complexity index is 291. The molecule has 0 saturated heterocycles. The molecular weight excluding hydrogens is 208 g/mol. The lowest BCUT2D eigenvalue weighted by Gasteiger charge is -2.17. The first kappa shape index (κ1) is 7.84. The van der Waals surface area contributed by atoms with Gasteiger partial charge in [-0.15, -0.1) is 0 Å². The molecule has 0 amide bonds. The van der Waals surface area contributed by atoms with Gasteiger partial charge in [0.15, 0.2) is 9.04 Å². The van der Waals surface area contributed by atoms with E-state index in [1.54, 1.807) is 6.42 Å². The van der Waals surface area contributed by atoms with E-state index in [4.69, 9.17) is 4.12 Å². The van der Waals surface area contributed by atoms with Crippen LogP contribution in [0.25, 0.3) is 0 Å². The quantitative estimate of drug-likeness (QED) is 0.638. The predicted octanol–water partition coefficient (Wildman–Crippen LogP) is 1.39. The van der Waals surface area contributed by atoms with Crippen LogP contribution in [0.5, 0.6) is 0 Å². The van der Waals surface area contributed by atoms with Crippen LogP contribution in [0.3, 0.4) is 0 Å². The van der Waals surface area contributed by atoms with Crippen LogP contribution < -0.4 is 0 Å². The fourth-order valence-electron chi connectivity index (χ4n) is 4.38. The Morgan fingerprint density at radius 2 is 2.38 bits per heavy atom. The van der Waals surface area contributed by atoms with Crippen LogP contribution >= 0.6 is 0 Å². The SMILES string of the molecule is C[Si]C[Si](O[Si]C)C1C2C34CC3C124. The van der Waals surface area contributed by atoms with Gasteiger partial charge >= 0.3 is 0 Å². The molecule has 5 radical (unpaired) electrons. The minimum absolute atomic E-state index is 0.350. The molecule has 4 saturated carbocycles. The summed E-state index contributed by atoms with van der Waals surface area (Å²) in [6.07, 6.45) is 1.62. The van der Waals surface area contributed by atoms with Crippen LogP contribution in [-0.4, -0.2) is 28.3 Å². The number of hydrogen-bond donors (Lipinski definition) is 0. The third-order valence-corrected chi connectivity index (χ3v) is 11.1. The topological polar surface area (TPSA) is 9.23 Å². The van der Waals surface area contributed by atoms with Crippen molar-refractivity contribution in [2.45, 2.75) is 30.7 Å². The molecule has 4 heteroatoms. The van der Waals surface area contributed by atoms with Crippen molar-refractivity contribution in [2.75, 3.05) is 0 Å². The molecule has 0 aliphatic heterocycles. The second kappa shape index (κ2) is 1.94. The van der Waals surface area contributed by atoms with Crippen LogP contribution in [0.4, 0.5) is 0 Å². The van der Waals surface area contributed by atoms with Gasteiger partial charge in [0.1, 0.15) is 0 Å². The summed E-state index contributed by atoms with van der Waals surface area (Å²) >= 11 is 0. The second-order valence-corrected chi connectivity index (χ2v) is 9.89. The zero-order chi connectivity index (χ0) is 8.84. The Labute approximate surface area is 86.1 Å². The summed E-state index contributed by atoms with van der Waals surface area (Å²) in [5.74, 6) is 2.45. The van der Waals surface area contributed by atoms with Crippen LogP contribution in [0.15, 0.2) is 0 Å². The lowest BCUT2D eigenvalue weighted by Crippen LogP contribution is -2.26. The van der Waals surface area contributed by atoms with E-state index in [9.17, 15) is 0 Å². The van der Waals surface area contributed by atoms with Crippen LogP contribution in [0.2, 0.25) is 24.3 Å². The summed E-state index contributed by atoms with van der Waals surface area (Å²) in [4.78, 5) is 0. The molecule has 0 aromatic rings. The molecule has 4 rings (SSSR count). The van der Waals surface area contributed by atoms with Crippen molar-refractivity contribution < 1.29 is 4.12 Å². The standard InChI is InChI=1S/C9H13OSi3/c1-11-4-13(10-12-2)7-6-8-3-5(8)9(6,7)8/h5-7H,3-4H2,1-2H3. The molecule has 0 bridgehead atoms. The highest BCUT2D eigenvalue weighted by Gasteiger charge is 3.20. The van der Waals surface area contributed by atoms with E-state index in [1.165, 1.54) is 17.5 Å². The largest absolute Gasteiger partial charge is 0.456 e. The van der Waals surface area contributed by atoms with Gasteiger partial charge in [-0.1, -0.05) is 6.55 Å². The van der Waals surface area contributed by atoms with Crippen molar-refractivity contribution in [2.24, 2.45) is 22.7 Å². The molecule has 4 aliphatic rings. The summed E-state index contributed by atoms with van der Waals surface area (Å²) in [6.45, 7) is 4.53. The molecule has 67 valence electrons. The lowest BCUT2D eigenvalue weighted by atomic mass is 10.2. The van der Waals surface area contributed by atoms with Gasteiger partial charge in [0.25, 0.3) is 0 Å². The fraction of sp³-hybridized carbons (Fsp3) is 1.00. The van der Waals surface area contributed by atoms with Crippen molar-refractivity contribution in [1.82, 2.24) is 0 Å². The molecule has 5 unspecified atom stereocenters. The zero-order valence-corrected chi connectivity index (χ0v) is 11.1. The van der Waals surface area contributed by atoms with Gasteiger partial charge in [-0.2, -0.15) is 0 Å². The highest BCUT2D eigenvalue weighted by molar-refractivity contribution is 6.70. The molecule has 4 aliphatic carbocycles. The van der Waals surface area contributed by atoms with Gasteiger partial charge in [-0.05, 0) is 46.8 Å². The van der Waals surface area contributed by atoms with Gasteiger partial charge < -0.3 is 4.12 Å². The van der Waals surface area contributed by atoms with E-state index in [0.717, 1.165) is 35.7 Å². The van der Waals surface area contributed by atoms with Gasteiger partial charge in [0.05, 0.1) is 0 Å². The normalized spacial score (nSPS) is 62.5. The third-order valence-electron chi connectivity index (χ3n) is 4.96. The Kier molecular flexibility index (Phi) is 1.17. The first-order valence-electron chi connectivity index (χ1n) is 5.19. The van der Waals surface area contributed by atoms with Crippen molar-refractivity contribution in [3.05, 3.63) is 0 Å². The predicted molar refractivity (Wildman–Crippen MR) is 55.1 cm³/mol. The maximum absolute atomic E-state index is 6.00. The van der Waals surface area contributed by atoms with E-state index in [-0.39, 0.29) is 9.04 Å². The Balaban J connectivity index is 1.43. The number of rotatable bonds is 5. The molecule has 0 heterocycles. The lowest BCUT2D eigenvalue weighted by molar-refractivity contribution is 0.556. The Morgan fingerprint density at radius 1 is 1.54 bits per heavy atom. The summed E-state index contributed by atoms with van der Waals surface area (Å²) in [5, 5.41) is 0. The van der Waals surface area contributed by atoms with E-state index >= 15 is 0 Å². The second-order valence-electron chi connectivity index (χ2n) is 4.99. The molecule has 0 aromatic heterocycles. The van der Waals surface area contributed by atoms with E-state index < -0.39 is 0 Å². The summed E-state index contributed by atoms with van der Waals surface area (Å²) in [7, 11) is 1.53. The van der Waals surface area contributed by atoms with Crippen LogP contribution in [0.1, 0.15) is 6.42 Å². The smallest absolute Gasteiger partial charge is 0.211 e. The van der Waals surface area contributed by atoms with Gasteiger partial charge in [0.2, 0.25) is 9.76 Å². The Hall–Kier alpha value is 0.611. The highest BCUT2D eigenvalue weighted by Crippen LogP contribution is 3.25. The molecule has 5 atom stereocenters. The molecule has 4 fully saturated rings. The maximum atomic E-state index is 6.00. The highest BCUT2D eigenvalue weighted by atomic mass is 28.4. The summed E-state index contributed by atoms with van der Waals surface area (Å²) in [5.41, 5.74) is 4.58. The molecular formula is C9H13OSi3. The molecule has 0 N–H and O–H groups in total. The molecule has 1 nitrogen and oxygen atoms in total. The first-order chi connectivity index (χ1) is 6.35. The zero-order valence-electron chi connectivity index (χ0n) is 8.05.